The van der Waals surface area contributed by atoms with Gasteiger partial charge in [-0.2, -0.15) is 5.10 Å². The molecule has 0 spiro atoms. The topological polar surface area (TPSA) is 192 Å². The minimum absolute atomic E-state index is 0.114. The summed E-state index contributed by atoms with van der Waals surface area (Å²) in [6.45, 7) is 6.93. The van der Waals surface area contributed by atoms with Gasteiger partial charge in [-0.15, -0.1) is 0 Å². The third-order valence-electron chi connectivity index (χ3n) is 6.86. The molecule has 3 heterocycles. The second-order valence-electron chi connectivity index (χ2n) is 10.9. The number of hydrogen-bond acceptors (Lipinski definition) is 12. The summed E-state index contributed by atoms with van der Waals surface area (Å²) in [4.78, 5) is 42.3. The zero-order valence-corrected chi connectivity index (χ0v) is 30.9. The molecule has 0 fully saturated rings. The average Bonchev–Trinajstić information content (AvgIpc) is 3.64. The van der Waals surface area contributed by atoms with E-state index < -0.39 is 17.7 Å². The lowest BCUT2D eigenvalue weighted by Gasteiger charge is -2.07. The lowest BCUT2D eigenvalue weighted by molar-refractivity contribution is -0.151. The Morgan fingerprint density at radius 3 is 1.87 bits per heavy atom. The van der Waals surface area contributed by atoms with E-state index in [2.05, 4.69) is 25.2 Å². The van der Waals surface area contributed by atoms with Crippen LogP contribution in [0.15, 0.2) is 109 Å². The molecule has 55 heavy (non-hydrogen) atoms. The van der Waals surface area contributed by atoms with Crippen LogP contribution in [-0.2, 0) is 38.4 Å². The maximum absolute atomic E-state index is 13.0. The van der Waals surface area contributed by atoms with Gasteiger partial charge in [0.1, 0.15) is 23.1 Å². The maximum atomic E-state index is 13.0. The number of aliphatic hydroxyl groups is 2. The first kappa shape index (κ1) is 45.0. The van der Waals surface area contributed by atoms with Gasteiger partial charge in [0.05, 0.1) is 24.6 Å². The summed E-state index contributed by atoms with van der Waals surface area (Å²) in [5.41, 5.74) is 6.55. The fraction of sp³-hybridized carbons (Fsp3) is 0.250. The zero-order valence-electron chi connectivity index (χ0n) is 30.9. The highest BCUT2D eigenvalue weighted by Gasteiger charge is 2.17. The van der Waals surface area contributed by atoms with E-state index in [1.165, 1.54) is 36.5 Å². The number of hydrazine groups is 1. The first-order valence-electron chi connectivity index (χ1n) is 17.3. The Morgan fingerprint density at radius 2 is 1.36 bits per heavy atom. The lowest BCUT2D eigenvalue weighted by Crippen LogP contribution is -2.24. The van der Waals surface area contributed by atoms with Crippen LogP contribution < -0.4 is 11.3 Å². The van der Waals surface area contributed by atoms with Crippen molar-refractivity contribution in [1.29, 1.82) is 0 Å². The molecule has 15 heteroatoms. The molecule has 13 nitrogen and oxygen atoms in total. The van der Waals surface area contributed by atoms with E-state index in [9.17, 15) is 28.3 Å². The Bertz CT molecular complexity index is 1890. The molecule has 0 aliphatic carbocycles. The van der Waals surface area contributed by atoms with Crippen molar-refractivity contribution < 1.29 is 42.9 Å². The Hall–Kier alpha value is -6.16. The first-order valence-corrected chi connectivity index (χ1v) is 17.3. The van der Waals surface area contributed by atoms with Crippen molar-refractivity contribution in [3.63, 3.8) is 0 Å². The van der Waals surface area contributed by atoms with Crippen LogP contribution >= 0.6 is 0 Å². The molecule has 5 aromatic rings. The molecule has 2 aromatic carbocycles. The van der Waals surface area contributed by atoms with Crippen LogP contribution in [0.2, 0.25) is 0 Å². The van der Waals surface area contributed by atoms with Crippen molar-refractivity contribution >= 4 is 23.5 Å². The molecule has 0 unspecified atom stereocenters. The Kier molecular flexibility index (Phi) is 21.1. The van der Waals surface area contributed by atoms with E-state index in [0.717, 1.165) is 35.0 Å². The number of rotatable bonds is 13. The lowest BCUT2D eigenvalue weighted by atomic mass is 10.1. The van der Waals surface area contributed by atoms with Crippen LogP contribution in [-0.4, -0.2) is 74.0 Å². The monoisotopic (exact) mass is 760 g/mol. The van der Waals surface area contributed by atoms with Crippen molar-refractivity contribution in [2.24, 2.45) is 5.84 Å². The van der Waals surface area contributed by atoms with Crippen molar-refractivity contribution in [3.8, 4) is 11.4 Å². The summed E-state index contributed by atoms with van der Waals surface area (Å²) in [6.07, 6.45) is 5.44. The number of ketones is 1. The predicted molar refractivity (Wildman–Crippen MR) is 203 cm³/mol. The molecular weight excluding hydrogens is 714 g/mol. The van der Waals surface area contributed by atoms with E-state index in [1.54, 1.807) is 74.1 Å². The number of nitrogens with one attached hydrogen (secondary N) is 1. The van der Waals surface area contributed by atoms with Crippen LogP contribution in [0.4, 0.5) is 8.78 Å². The smallest absolute Gasteiger partial charge is 0.379 e. The van der Waals surface area contributed by atoms with Crippen LogP contribution in [0.1, 0.15) is 48.1 Å². The summed E-state index contributed by atoms with van der Waals surface area (Å²) >= 11 is 0. The van der Waals surface area contributed by atoms with Gasteiger partial charge in [-0.1, -0.05) is 36.4 Å². The van der Waals surface area contributed by atoms with Gasteiger partial charge in [-0.3, -0.25) is 30.7 Å². The molecule has 0 atom stereocenters. The minimum Gasteiger partial charge on any atom is -0.506 e. The first-order chi connectivity index (χ1) is 26.6. The largest absolute Gasteiger partial charge is 0.506 e. The molecule has 5 rings (SSSR count). The molecule has 0 aliphatic rings. The van der Waals surface area contributed by atoms with Crippen molar-refractivity contribution in [3.05, 3.63) is 144 Å². The van der Waals surface area contributed by atoms with Gasteiger partial charge in [-0.05, 0) is 93.3 Å². The molecular formula is C40H46F2N6O7. The second-order valence-corrected chi connectivity index (χ2v) is 10.9. The zero-order chi connectivity index (χ0) is 40.4. The number of halogens is 2. The van der Waals surface area contributed by atoms with E-state index in [1.807, 2.05) is 18.2 Å². The van der Waals surface area contributed by atoms with Crippen molar-refractivity contribution in [2.45, 2.75) is 40.2 Å². The Balaban J connectivity index is 0.000000298. The molecule has 3 aromatic heterocycles. The molecule has 0 saturated heterocycles. The van der Waals surface area contributed by atoms with E-state index in [-0.39, 0.29) is 42.0 Å². The number of hydrogen-bond donors (Lipinski definition) is 4. The molecule has 0 aliphatic heterocycles. The van der Waals surface area contributed by atoms with Crippen LogP contribution in [0.25, 0.3) is 17.1 Å². The fourth-order valence-electron chi connectivity index (χ4n) is 4.34. The Labute approximate surface area is 318 Å². The highest BCUT2D eigenvalue weighted by Crippen LogP contribution is 2.20. The standard InChI is InChI=1S/C19H18FN3O2.C11H11NO4.C8H11FN2.C2H6O/c1-2-25-19(24)17-13-18(16-5-3-4-11-21-16)23(22-17)12-10-14-6-8-15(20)9-7-14;1-2-16-11(15)10(14)7-9(13)8-5-3-4-6-12-8;9-8-3-1-7(2-4-8)5-6-11-10;1-2-3/h3-9,11,13H,2,10,12H2,1H3;3-7,13H,2H2,1H3;1-4,11H,5-6,10H2;3H,2H2,1H3. The molecule has 0 bridgehead atoms. The van der Waals surface area contributed by atoms with E-state index in [4.69, 9.17) is 15.7 Å². The van der Waals surface area contributed by atoms with Gasteiger partial charge >= 0.3 is 11.9 Å². The number of benzene rings is 2. The highest BCUT2D eigenvalue weighted by atomic mass is 19.1. The number of carbonyl (C=O) groups excluding carboxylic acids is 3. The molecule has 0 saturated carbocycles. The average molecular weight is 761 g/mol. The number of aliphatic hydroxyl groups excluding tert-OH is 2. The van der Waals surface area contributed by atoms with Crippen LogP contribution in [0.3, 0.4) is 0 Å². The molecule has 0 radical (unpaired) electrons. The summed E-state index contributed by atoms with van der Waals surface area (Å²) in [5, 5.41) is 21.4. The minimum atomic E-state index is -0.995. The Morgan fingerprint density at radius 1 is 0.800 bits per heavy atom. The van der Waals surface area contributed by atoms with Gasteiger partial charge < -0.3 is 19.7 Å². The summed E-state index contributed by atoms with van der Waals surface area (Å²) in [6, 6.07) is 24.9. The number of ether oxygens (including phenoxy) is 2. The maximum Gasteiger partial charge on any atom is 0.379 e. The predicted octanol–water partition coefficient (Wildman–Crippen LogP) is 5.45. The number of carbonyl (C=O) groups is 3. The highest BCUT2D eigenvalue weighted by molar-refractivity contribution is 6.39. The quantitative estimate of drug-likeness (QED) is 0.0297. The molecule has 292 valence electrons. The molecule has 5 N–H and O–H groups in total. The normalized spacial score (nSPS) is 10.3. The summed E-state index contributed by atoms with van der Waals surface area (Å²) in [5.74, 6) is 1.89. The van der Waals surface area contributed by atoms with Gasteiger partial charge in [0.25, 0.3) is 5.78 Å². The number of aromatic nitrogens is 4. The number of aryl methyl sites for hydroxylation is 2. The summed E-state index contributed by atoms with van der Waals surface area (Å²) < 4.78 is 36.6. The third kappa shape index (κ3) is 17.0. The van der Waals surface area contributed by atoms with E-state index >= 15 is 0 Å². The number of nitrogens with two attached hydrogens (primary N) is 1. The summed E-state index contributed by atoms with van der Waals surface area (Å²) in [7, 11) is 0. The second kappa shape index (κ2) is 25.8. The SMILES string of the molecule is CCO.CCOC(=O)C(=O)C=C(O)c1ccccn1.CCOC(=O)c1cc(-c2ccccn2)n(CCc2ccc(F)cc2)n1.NNCCc1ccc(F)cc1. The third-order valence-corrected chi connectivity index (χ3v) is 6.86. The number of esters is 2. The fourth-order valence-corrected chi connectivity index (χ4v) is 4.34. The number of nitrogens with zero attached hydrogens (tertiary/aromatic N) is 4. The van der Waals surface area contributed by atoms with Gasteiger partial charge in [0.15, 0.2) is 5.69 Å². The number of pyridine rings is 2. The van der Waals surface area contributed by atoms with Crippen LogP contribution in [0, 0.1) is 11.6 Å². The van der Waals surface area contributed by atoms with Crippen molar-refractivity contribution in [2.75, 3.05) is 26.4 Å². The van der Waals surface area contributed by atoms with Crippen LogP contribution in [0.5, 0.6) is 0 Å². The molecule has 0 amide bonds. The van der Waals surface area contributed by atoms with Crippen molar-refractivity contribution in [1.82, 2.24) is 25.2 Å². The van der Waals surface area contributed by atoms with Gasteiger partial charge in [0, 0.05) is 44.2 Å². The van der Waals surface area contributed by atoms with Gasteiger partial charge in [-0.25, -0.2) is 18.4 Å². The van der Waals surface area contributed by atoms with Gasteiger partial charge in [0.2, 0.25) is 0 Å². The van der Waals surface area contributed by atoms with E-state index in [0.29, 0.717) is 26.1 Å².